The number of nitro groups is 1. The summed E-state index contributed by atoms with van der Waals surface area (Å²) in [7, 11) is 0. The molecule has 0 atom stereocenters. The minimum Gasteiger partial charge on any atom is -0.494 e. The molecule has 8 heteroatoms. The number of nitro benzene ring substituents is 1. The summed E-state index contributed by atoms with van der Waals surface area (Å²) < 4.78 is 5.51. The number of non-ortho nitro benzene ring substituents is 1. The van der Waals surface area contributed by atoms with E-state index in [-0.39, 0.29) is 17.2 Å². The van der Waals surface area contributed by atoms with Crippen molar-refractivity contribution in [2.75, 3.05) is 24.6 Å². The fourth-order valence-electron chi connectivity index (χ4n) is 3.88. The van der Waals surface area contributed by atoms with Gasteiger partial charge >= 0.3 is 0 Å². The molecule has 1 fully saturated rings. The lowest BCUT2D eigenvalue weighted by Crippen LogP contribution is -2.34. The Balaban J connectivity index is 1.78. The van der Waals surface area contributed by atoms with Gasteiger partial charge in [0.15, 0.2) is 0 Å². The average molecular weight is 407 g/mol. The van der Waals surface area contributed by atoms with Crippen LogP contribution in [0.4, 0.5) is 11.4 Å². The summed E-state index contributed by atoms with van der Waals surface area (Å²) in [4.78, 5) is 40.4. The molecule has 8 nitrogen and oxygen atoms in total. The SMILES string of the molecule is CCOc1cccc(N2C(=O)C(c3ccc([N+](=O)[O-])cc3)=C(N3CCCC3)C2=O)c1. The number of amides is 2. The number of hydrogen-bond donors (Lipinski definition) is 0. The maximum absolute atomic E-state index is 13.4. The van der Waals surface area contributed by atoms with Crippen LogP contribution in [0.5, 0.6) is 5.75 Å². The van der Waals surface area contributed by atoms with Gasteiger partial charge in [0.25, 0.3) is 17.5 Å². The third-order valence-electron chi connectivity index (χ3n) is 5.24. The maximum atomic E-state index is 13.4. The van der Waals surface area contributed by atoms with Gasteiger partial charge in [-0.15, -0.1) is 0 Å². The van der Waals surface area contributed by atoms with E-state index >= 15 is 0 Å². The second-order valence-corrected chi connectivity index (χ2v) is 7.10. The predicted molar refractivity (Wildman–Crippen MR) is 111 cm³/mol. The highest BCUT2D eigenvalue weighted by Gasteiger charge is 2.43. The zero-order chi connectivity index (χ0) is 21.3. The molecule has 4 rings (SSSR count). The lowest BCUT2D eigenvalue weighted by Gasteiger charge is -2.20. The normalized spacial score (nSPS) is 16.6. The van der Waals surface area contributed by atoms with E-state index in [2.05, 4.69) is 0 Å². The molecule has 0 aliphatic carbocycles. The summed E-state index contributed by atoms with van der Waals surface area (Å²) >= 11 is 0. The number of nitrogens with zero attached hydrogens (tertiary/aromatic N) is 3. The quantitative estimate of drug-likeness (QED) is 0.414. The van der Waals surface area contributed by atoms with Gasteiger partial charge in [-0.3, -0.25) is 19.7 Å². The molecule has 2 amide bonds. The minimum atomic E-state index is -0.493. The van der Waals surface area contributed by atoms with Crippen LogP contribution in [0.25, 0.3) is 5.57 Å². The fraction of sp³-hybridized carbons (Fsp3) is 0.273. The predicted octanol–water partition coefficient (Wildman–Crippen LogP) is 3.37. The van der Waals surface area contributed by atoms with Crippen molar-refractivity contribution in [3.8, 4) is 5.75 Å². The van der Waals surface area contributed by atoms with Crippen molar-refractivity contribution >= 4 is 28.8 Å². The molecule has 30 heavy (non-hydrogen) atoms. The molecule has 0 radical (unpaired) electrons. The number of anilines is 1. The highest BCUT2D eigenvalue weighted by molar-refractivity contribution is 6.45. The number of hydrogen-bond acceptors (Lipinski definition) is 6. The van der Waals surface area contributed by atoms with E-state index in [9.17, 15) is 19.7 Å². The molecule has 0 saturated carbocycles. The summed E-state index contributed by atoms with van der Waals surface area (Å²) in [6, 6.07) is 12.6. The van der Waals surface area contributed by atoms with Gasteiger partial charge in [0, 0.05) is 31.3 Å². The van der Waals surface area contributed by atoms with E-state index < -0.39 is 10.8 Å². The number of imide groups is 1. The van der Waals surface area contributed by atoms with Gasteiger partial charge in [-0.1, -0.05) is 6.07 Å². The zero-order valence-electron chi connectivity index (χ0n) is 16.5. The molecule has 0 N–H and O–H groups in total. The van der Waals surface area contributed by atoms with Crippen molar-refractivity contribution in [3.63, 3.8) is 0 Å². The molecular formula is C22H21N3O5. The summed E-state index contributed by atoms with van der Waals surface area (Å²) in [5.41, 5.74) is 1.49. The van der Waals surface area contributed by atoms with E-state index in [1.54, 1.807) is 24.3 Å². The molecular weight excluding hydrogens is 386 g/mol. The van der Waals surface area contributed by atoms with E-state index in [1.165, 1.54) is 24.3 Å². The Labute approximate surface area is 173 Å². The number of benzene rings is 2. The van der Waals surface area contributed by atoms with Gasteiger partial charge < -0.3 is 9.64 Å². The monoisotopic (exact) mass is 407 g/mol. The van der Waals surface area contributed by atoms with E-state index in [4.69, 9.17) is 4.74 Å². The highest BCUT2D eigenvalue weighted by Crippen LogP contribution is 2.37. The average Bonchev–Trinajstić information content (AvgIpc) is 3.34. The van der Waals surface area contributed by atoms with Crippen LogP contribution in [-0.2, 0) is 9.59 Å². The van der Waals surface area contributed by atoms with Gasteiger partial charge in [0.1, 0.15) is 11.4 Å². The van der Waals surface area contributed by atoms with Crippen LogP contribution in [0.15, 0.2) is 54.2 Å². The standard InChI is InChI=1S/C22H21N3O5/c1-2-30-18-7-5-6-17(14-18)24-21(26)19(15-8-10-16(11-9-15)25(28)29)20(22(24)27)23-12-3-4-13-23/h5-11,14H,2-4,12-13H2,1H3. The topological polar surface area (TPSA) is 93.0 Å². The molecule has 154 valence electrons. The first-order valence-electron chi connectivity index (χ1n) is 9.87. The Hall–Kier alpha value is -3.68. The molecule has 0 bridgehead atoms. The van der Waals surface area contributed by atoms with Crippen molar-refractivity contribution in [1.82, 2.24) is 4.90 Å². The lowest BCUT2D eigenvalue weighted by atomic mass is 10.0. The van der Waals surface area contributed by atoms with Crippen LogP contribution in [0.2, 0.25) is 0 Å². The van der Waals surface area contributed by atoms with Gasteiger partial charge in [0.2, 0.25) is 0 Å². The Bertz CT molecular complexity index is 1040. The molecule has 0 aromatic heterocycles. The number of ether oxygens (including phenoxy) is 1. The molecule has 2 aromatic rings. The molecule has 1 saturated heterocycles. The van der Waals surface area contributed by atoms with E-state index in [0.717, 1.165) is 17.7 Å². The second-order valence-electron chi connectivity index (χ2n) is 7.10. The van der Waals surface area contributed by atoms with Crippen LogP contribution in [0.3, 0.4) is 0 Å². The van der Waals surface area contributed by atoms with Gasteiger partial charge in [-0.25, -0.2) is 4.90 Å². The smallest absolute Gasteiger partial charge is 0.282 e. The van der Waals surface area contributed by atoms with Crippen LogP contribution >= 0.6 is 0 Å². The van der Waals surface area contributed by atoms with E-state index in [1.807, 2.05) is 11.8 Å². The molecule has 2 aliphatic rings. The molecule has 2 aromatic carbocycles. The lowest BCUT2D eigenvalue weighted by molar-refractivity contribution is -0.384. The van der Waals surface area contributed by atoms with Gasteiger partial charge in [-0.2, -0.15) is 0 Å². The highest BCUT2D eigenvalue weighted by atomic mass is 16.6. The number of likely N-dealkylation sites (tertiary alicyclic amines) is 1. The van der Waals surface area contributed by atoms with Crippen molar-refractivity contribution in [3.05, 3.63) is 69.9 Å². The molecule has 0 spiro atoms. The summed E-state index contributed by atoms with van der Waals surface area (Å²) in [5.74, 6) is -0.254. The van der Waals surface area contributed by atoms with Crippen LogP contribution in [0, 0.1) is 10.1 Å². The number of rotatable bonds is 6. The third kappa shape index (κ3) is 3.41. The van der Waals surface area contributed by atoms with Crippen molar-refractivity contribution in [2.24, 2.45) is 0 Å². The summed E-state index contributed by atoms with van der Waals surface area (Å²) in [5, 5.41) is 11.0. The molecule has 2 heterocycles. The molecule has 2 aliphatic heterocycles. The zero-order valence-corrected chi connectivity index (χ0v) is 16.5. The molecule has 0 unspecified atom stereocenters. The second kappa shape index (κ2) is 7.98. The first kappa shape index (κ1) is 19.6. The van der Waals surface area contributed by atoms with E-state index in [0.29, 0.717) is 42.4 Å². The summed E-state index contributed by atoms with van der Waals surface area (Å²) in [6.45, 7) is 3.71. The van der Waals surface area contributed by atoms with Crippen molar-refractivity contribution < 1.29 is 19.2 Å². The fourth-order valence-corrected chi connectivity index (χ4v) is 3.88. The first-order chi connectivity index (χ1) is 14.5. The largest absolute Gasteiger partial charge is 0.494 e. The van der Waals surface area contributed by atoms with Crippen molar-refractivity contribution in [1.29, 1.82) is 0 Å². The number of carbonyl (C=O) groups is 2. The summed E-state index contributed by atoms with van der Waals surface area (Å²) in [6.07, 6.45) is 1.89. The van der Waals surface area contributed by atoms with Crippen LogP contribution in [0.1, 0.15) is 25.3 Å². The maximum Gasteiger partial charge on any atom is 0.282 e. The third-order valence-corrected chi connectivity index (χ3v) is 5.24. The van der Waals surface area contributed by atoms with Crippen LogP contribution < -0.4 is 9.64 Å². The minimum absolute atomic E-state index is 0.0693. The number of carbonyl (C=O) groups excluding carboxylic acids is 2. The van der Waals surface area contributed by atoms with Gasteiger partial charge in [0.05, 0.1) is 22.8 Å². The Morgan fingerprint density at radius 1 is 1.03 bits per heavy atom. The Morgan fingerprint density at radius 2 is 1.73 bits per heavy atom. The van der Waals surface area contributed by atoms with Gasteiger partial charge in [-0.05, 0) is 49.6 Å². The van der Waals surface area contributed by atoms with Crippen LogP contribution in [-0.4, -0.2) is 41.3 Å². The Morgan fingerprint density at radius 3 is 2.37 bits per heavy atom. The van der Waals surface area contributed by atoms with Crippen molar-refractivity contribution in [2.45, 2.75) is 19.8 Å². The first-order valence-corrected chi connectivity index (χ1v) is 9.87. The Kier molecular flexibility index (Phi) is 5.22.